The lowest BCUT2D eigenvalue weighted by Gasteiger charge is -2.20. The van der Waals surface area contributed by atoms with Crippen molar-refractivity contribution < 1.29 is 37.3 Å². The predicted molar refractivity (Wildman–Crippen MR) is 135 cm³/mol. The molecule has 0 heterocycles. The maximum absolute atomic E-state index is 13.4. The third-order valence-electron chi connectivity index (χ3n) is 5.98. The molecule has 37 heavy (non-hydrogen) atoms. The average molecular weight is 517 g/mol. The van der Waals surface area contributed by atoms with Crippen LogP contribution < -0.4 is 14.2 Å². The van der Waals surface area contributed by atoms with Crippen molar-refractivity contribution in [2.24, 2.45) is 0 Å². The van der Waals surface area contributed by atoms with E-state index in [4.69, 9.17) is 19.3 Å². The summed E-state index contributed by atoms with van der Waals surface area (Å²) in [4.78, 5) is 10.9. The van der Waals surface area contributed by atoms with Gasteiger partial charge >= 0.3 is 12.1 Å². The summed E-state index contributed by atoms with van der Waals surface area (Å²) in [6, 6.07) is 15.9. The topological polar surface area (TPSA) is 65.0 Å². The molecule has 0 aliphatic heterocycles. The van der Waals surface area contributed by atoms with E-state index in [2.05, 4.69) is 0 Å². The molecule has 0 fully saturated rings. The molecular weight excluding hydrogens is 485 g/mol. The summed E-state index contributed by atoms with van der Waals surface area (Å²) >= 11 is 0. The molecule has 0 aromatic heterocycles. The molecule has 0 saturated heterocycles. The zero-order chi connectivity index (χ0) is 27.0. The Balaban J connectivity index is 1.69. The van der Waals surface area contributed by atoms with Crippen molar-refractivity contribution in [1.82, 2.24) is 0 Å². The van der Waals surface area contributed by atoms with Crippen LogP contribution in [0.25, 0.3) is 11.1 Å². The molecule has 0 aliphatic rings. The Morgan fingerprint density at radius 1 is 1.00 bits per heavy atom. The van der Waals surface area contributed by atoms with Crippen LogP contribution in [-0.4, -0.2) is 30.9 Å². The SMILES string of the molecule is CCc1cc(OCC[C@H](C)Oc2ccc(C(F)(F)F)cc2-c2cccc(OC)c2)ccc1CCC(=O)O. The van der Waals surface area contributed by atoms with Gasteiger partial charge in [0.05, 0.1) is 25.4 Å². The van der Waals surface area contributed by atoms with E-state index in [1.54, 1.807) is 24.3 Å². The van der Waals surface area contributed by atoms with E-state index in [-0.39, 0.29) is 12.5 Å². The molecule has 0 radical (unpaired) electrons. The Morgan fingerprint density at radius 3 is 2.46 bits per heavy atom. The second kappa shape index (κ2) is 12.5. The standard InChI is InChI=1S/C29H31F3O5/c1-4-20-16-25(11-8-21(20)9-13-28(33)34)36-15-14-19(2)37-27-12-10-23(29(30,31)32)18-26(27)22-6-5-7-24(17-22)35-3/h5-8,10-12,16-19H,4,9,13-15H2,1-3H3,(H,33,34)/t19-/m0/s1. The van der Waals surface area contributed by atoms with E-state index in [0.29, 0.717) is 47.8 Å². The molecule has 0 saturated carbocycles. The van der Waals surface area contributed by atoms with Gasteiger partial charge < -0.3 is 19.3 Å². The average Bonchev–Trinajstić information content (AvgIpc) is 2.87. The summed E-state index contributed by atoms with van der Waals surface area (Å²) in [7, 11) is 1.50. The number of benzene rings is 3. The van der Waals surface area contributed by atoms with Crippen molar-refractivity contribution in [1.29, 1.82) is 0 Å². The van der Waals surface area contributed by atoms with Crippen LogP contribution in [0.4, 0.5) is 13.2 Å². The number of carbonyl (C=O) groups is 1. The number of methoxy groups -OCH3 is 1. The number of carboxylic acid groups (broad SMARTS) is 1. The van der Waals surface area contributed by atoms with E-state index in [9.17, 15) is 18.0 Å². The second-order valence-electron chi connectivity index (χ2n) is 8.68. The number of hydrogen-bond donors (Lipinski definition) is 1. The van der Waals surface area contributed by atoms with Gasteiger partial charge in [0.2, 0.25) is 0 Å². The van der Waals surface area contributed by atoms with Crippen LogP contribution in [-0.2, 0) is 23.8 Å². The Kier molecular flexibility index (Phi) is 9.44. The van der Waals surface area contributed by atoms with Gasteiger partial charge in [-0.3, -0.25) is 4.79 Å². The zero-order valence-electron chi connectivity index (χ0n) is 21.1. The van der Waals surface area contributed by atoms with E-state index in [1.807, 2.05) is 32.0 Å². The summed E-state index contributed by atoms with van der Waals surface area (Å²) in [5.41, 5.74) is 2.15. The first-order valence-electron chi connectivity index (χ1n) is 12.1. The monoisotopic (exact) mass is 516 g/mol. The third kappa shape index (κ3) is 7.90. The van der Waals surface area contributed by atoms with Crippen LogP contribution in [0.2, 0.25) is 0 Å². The molecule has 1 N–H and O–H groups in total. The van der Waals surface area contributed by atoms with Crippen LogP contribution in [0.3, 0.4) is 0 Å². The first-order valence-corrected chi connectivity index (χ1v) is 12.1. The number of rotatable bonds is 12. The molecule has 198 valence electrons. The molecule has 0 unspecified atom stereocenters. The predicted octanol–water partition coefficient (Wildman–Crippen LogP) is 7.20. The van der Waals surface area contributed by atoms with Gasteiger partial charge in [0.1, 0.15) is 17.2 Å². The lowest BCUT2D eigenvalue weighted by Crippen LogP contribution is -2.16. The van der Waals surface area contributed by atoms with Crippen LogP contribution in [0, 0.1) is 0 Å². The zero-order valence-corrected chi connectivity index (χ0v) is 21.1. The largest absolute Gasteiger partial charge is 0.497 e. The van der Waals surface area contributed by atoms with E-state index in [0.717, 1.165) is 29.7 Å². The van der Waals surface area contributed by atoms with Crippen LogP contribution in [0.15, 0.2) is 60.7 Å². The van der Waals surface area contributed by atoms with Crippen LogP contribution >= 0.6 is 0 Å². The molecule has 8 heteroatoms. The van der Waals surface area contributed by atoms with Gasteiger partial charge in [0.15, 0.2) is 0 Å². The first-order chi connectivity index (χ1) is 17.6. The highest BCUT2D eigenvalue weighted by Crippen LogP contribution is 2.38. The van der Waals surface area contributed by atoms with E-state index < -0.39 is 17.7 Å². The van der Waals surface area contributed by atoms with Gasteiger partial charge in [-0.1, -0.05) is 25.1 Å². The van der Waals surface area contributed by atoms with Crippen molar-refractivity contribution in [3.05, 3.63) is 77.4 Å². The first kappa shape index (κ1) is 27.9. The Bertz CT molecular complexity index is 1210. The van der Waals surface area contributed by atoms with Crippen molar-refractivity contribution in [2.45, 2.75) is 51.8 Å². The molecule has 0 spiro atoms. The fourth-order valence-corrected chi connectivity index (χ4v) is 3.95. The van der Waals surface area contributed by atoms with Gasteiger partial charge in [-0.15, -0.1) is 0 Å². The smallest absolute Gasteiger partial charge is 0.416 e. The molecule has 1 atom stereocenters. The highest BCUT2D eigenvalue weighted by Gasteiger charge is 2.31. The number of carboxylic acids is 1. The van der Waals surface area contributed by atoms with Crippen LogP contribution in [0.1, 0.15) is 43.4 Å². The lowest BCUT2D eigenvalue weighted by atomic mass is 10.0. The summed E-state index contributed by atoms with van der Waals surface area (Å²) in [6.07, 6.45) is -3.02. The Hall–Kier alpha value is -3.68. The quantitative estimate of drug-likeness (QED) is 0.276. The summed E-state index contributed by atoms with van der Waals surface area (Å²) in [5, 5.41) is 8.93. The normalized spacial score (nSPS) is 12.2. The molecule has 3 rings (SSSR count). The minimum Gasteiger partial charge on any atom is -0.497 e. The van der Waals surface area contributed by atoms with Gasteiger partial charge in [-0.2, -0.15) is 13.2 Å². The fraction of sp³-hybridized carbons (Fsp3) is 0.345. The molecule has 0 amide bonds. The van der Waals surface area contributed by atoms with E-state index >= 15 is 0 Å². The fourth-order valence-electron chi connectivity index (χ4n) is 3.95. The van der Waals surface area contributed by atoms with Crippen molar-refractivity contribution in [3.63, 3.8) is 0 Å². The Labute approximate surface area is 214 Å². The number of aryl methyl sites for hydroxylation is 2. The summed E-state index contributed by atoms with van der Waals surface area (Å²) in [5.74, 6) is 0.709. The number of hydrogen-bond acceptors (Lipinski definition) is 4. The Morgan fingerprint density at radius 2 is 1.78 bits per heavy atom. The molecule has 0 aliphatic carbocycles. The lowest BCUT2D eigenvalue weighted by molar-refractivity contribution is -0.138. The minimum atomic E-state index is -4.48. The van der Waals surface area contributed by atoms with Crippen LogP contribution in [0.5, 0.6) is 17.2 Å². The van der Waals surface area contributed by atoms with Crippen molar-refractivity contribution in [2.75, 3.05) is 13.7 Å². The number of ether oxygens (including phenoxy) is 3. The van der Waals surface area contributed by atoms with E-state index in [1.165, 1.54) is 13.2 Å². The molecule has 5 nitrogen and oxygen atoms in total. The van der Waals surface area contributed by atoms with Gasteiger partial charge in [0, 0.05) is 18.4 Å². The molecule has 3 aromatic carbocycles. The maximum Gasteiger partial charge on any atom is 0.416 e. The third-order valence-corrected chi connectivity index (χ3v) is 5.98. The van der Waals surface area contributed by atoms with Gasteiger partial charge in [0.25, 0.3) is 0 Å². The minimum absolute atomic E-state index is 0.0732. The number of alkyl halides is 3. The highest BCUT2D eigenvalue weighted by molar-refractivity contribution is 5.72. The number of aliphatic carboxylic acids is 1. The number of halogens is 3. The van der Waals surface area contributed by atoms with Crippen molar-refractivity contribution in [3.8, 4) is 28.4 Å². The maximum atomic E-state index is 13.4. The molecule has 3 aromatic rings. The summed E-state index contributed by atoms with van der Waals surface area (Å²) < 4.78 is 57.4. The van der Waals surface area contributed by atoms with Gasteiger partial charge in [-0.25, -0.2) is 0 Å². The second-order valence-corrected chi connectivity index (χ2v) is 8.68. The highest BCUT2D eigenvalue weighted by atomic mass is 19.4. The molecule has 0 bridgehead atoms. The summed E-state index contributed by atoms with van der Waals surface area (Å²) in [6.45, 7) is 4.18. The van der Waals surface area contributed by atoms with Crippen molar-refractivity contribution >= 4 is 5.97 Å². The van der Waals surface area contributed by atoms with Gasteiger partial charge in [-0.05, 0) is 78.9 Å². The molecular formula is C29H31F3O5.